The molecule has 28 heavy (non-hydrogen) atoms. The summed E-state index contributed by atoms with van der Waals surface area (Å²) in [7, 11) is 0. The van der Waals surface area contributed by atoms with Crippen molar-refractivity contribution in [3.8, 4) is 0 Å². The van der Waals surface area contributed by atoms with Crippen LogP contribution in [0.2, 0.25) is 0 Å². The molecule has 2 saturated heterocycles. The number of piperazine rings is 2. The maximum absolute atomic E-state index is 14.0. The molecular formula is C17H19F4N7. The van der Waals surface area contributed by atoms with Crippen LogP contribution in [-0.4, -0.2) is 71.8 Å². The van der Waals surface area contributed by atoms with Crippen molar-refractivity contribution in [2.24, 2.45) is 0 Å². The van der Waals surface area contributed by atoms with E-state index in [4.69, 9.17) is 0 Å². The molecule has 2 fully saturated rings. The molecule has 4 heterocycles. The quantitative estimate of drug-likeness (QED) is 0.612. The lowest BCUT2D eigenvalue weighted by molar-refractivity contribution is 0.148. The van der Waals surface area contributed by atoms with Crippen molar-refractivity contribution in [2.45, 2.75) is 6.17 Å². The second-order valence-electron chi connectivity index (χ2n) is 6.68. The van der Waals surface area contributed by atoms with Crippen LogP contribution in [0, 0.1) is 23.5 Å². The summed E-state index contributed by atoms with van der Waals surface area (Å²) in [5.41, 5.74) is -0.691. The molecule has 11 heteroatoms. The summed E-state index contributed by atoms with van der Waals surface area (Å²) in [6.07, 6.45) is 3.22. The number of anilines is 2. The smallest absolute Gasteiger partial charge is 0.253 e. The Hall–Kier alpha value is -2.53. The van der Waals surface area contributed by atoms with Crippen LogP contribution < -0.4 is 15.1 Å². The van der Waals surface area contributed by atoms with Gasteiger partial charge in [-0.3, -0.25) is 10.2 Å². The van der Waals surface area contributed by atoms with Gasteiger partial charge in [0, 0.05) is 52.0 Å². The average Bonchev–Trinajstić information content (AvgIpc) is 2.74. The number of hydrogen-bond donors (Lipinski definition) is 1. The number of aromatic nitrogens is 3. The van der Waals surface area contributed by atoms with E-state index in [1.807, 2.05) is 6.07 Å². The molecule has 0 aliphatic carbocycles. The van der Waals surface area contributed by atoms with E-state index in [-0.39, 0.29) is 19.3 Å². The molecule has 7 nitrogen and oxygen atoms in total. The largest absolute Gasteiger partial charge is 0.364 e. The Labute approximate surface area is 159 Å². The molecule has 2 aromatic rings. The van der Waals surface area contributed by atoms with Crippen molar-refractivity contribution in [1.82, 2.24) is 25.2 Å². The third-order valence-electron chi connectivity index (χ3n) is 5.09. The molecule has 2 aromatic heterocycles. The van der Waals surface area contributed by atoms with Crippen molar-refractivity contribution in [3.05, 3.63) is 42.1 Å². The van der Waals surface area contributed by atoms with Gasteiger partial charge in [-0.2, -0.15) is 22.5 Å². The minimum Gasteiger partial charge on any atom is -0.364 e. The topological polar surface area (TPSA) is 60.4 Å². The number of hydrogen-bond acceptors (Lipinski definition) is 7. The van der Waals surface area contributed by atoms with Gasteiger partial charge < -0.3 is 9.80 Å². The SMILES string of the molecule is Fc1nc(F)c(F)c(N2CCN(C3CN(c4ccncn4)CCN3)CC2)c1F. The van der Waals surface area contributed by atoms with Crippen LogP contribution in [0.25, 0.3) is 0 Å². The Kier molecular flexibility index (Phi) is 5.27. The van der Waals surface area contributed by atoms with Crippen molar-refractivity contribution in [2.75, 3.05) is 55.6 Å². The van der Waals surface area contributed by atoms with Crippen molar-refractivity contribution < 1.29 is 17.6 Å². The van der Waals surface area contributed by atoms with E-state index in [9.17, 15) is 17.6 Å². The zero-order valence-electron chi connectivity index (χ0n) is 15.0. The maximum atomic E-state index is 14.0. The number of halogens is 4. The number of nitrogens with one attached hydrogen (secondary N) is 1. The molecule has 0 saturated carbocycles. The van der Waals surface area contributed by atoms with E-state index in [1.54, 1.807) is 6.20 Å². The molecule has 1 N–H and O–H groups in total. The van der Waals surface area contributed by atoms with Crippen LogP contribution in [-0.2, 0) is 0 Å². The summed E-state index contributed by atoms with van der Waals surface area (Å²) in [6, 6.07) is 1.85. The lowest BCUT2D eigenvalue weighted by atomic mass is 10.2. The highest BCUT2D eigenvalue weighted by molar-refractivity contribution is 5.49. The lowest BCUT2D eigenvalue weighted by Gasteiger charge is -2.44. The molecule has 0 radical (unpaired) electrons. The molecule has 4 rings (SSSR count). The second kappa shape index (κ2) is 7.84. The van der Waals surface area contributed by atoms with Gasteiger partial charge >= 0.3 is 0 Å². The van der Waals surface area contributed by atoms with Crippen molar-refractivity contribution >= 4 is 11.5 Å². The predicted octanol–water partition coefficient (Wildman–Crippen LogP) is 0.986. The summed E-state index contributed by atoms with van der Waals surface area (Å²) in [4.78, 5) is 16.4. The first-order chi connectivity index (χ1) is 13.5. The van der Waals surface area contributed by atoms with Gasteiger partial charge in [0.05, 0.1) is 6.17 Å². The van der Waals surface area contributed by atoms with Gasteiger partial charge in [0.15, 0.2) is 0 Å². The highest BCUT2D eigenvalue weighted by atomic mass is 19.2. The summed E-state index contributed by atoms with van der Waals surface area (Å²) >= 11 is 0. The fourth-order valence-electron chi connectivity index (χ4n) is 3.67. The van der Waals surface area contributed by atoms with Crippen LogP contribution in [0.15, 0.2) is 18.6 Å². The fourth-order valence-corrected chi connectivity index (χ4v) is 3.67. The zero-order chi connectivity index (χ0) is 19.7. The van der Waals surface area contributed by atoms with Crippen molar-refractivity contribution in [1.29, 1.82) is 0 Å². The molecule has 0 amide bonds. The van der Waals surface area contributed by atoms with E-state index >= 15 is 0 Å². The van der Waals surface area contributed by atoms with Gasteiger partial charge in [-0.05, 0) is 6.07 Å². The number of pyridine rings is 1. The van der Waals surface area contributed by atoms with E-state index in [0.29, 0.717) is 19.6 Å². The van der Waals surface area contributed by atoms with Gasteiger partial charge in [-0.1, -0.05) is 0 Å². The van der Waals surface area contributed by atoms with E-state index in [2.05, 4.69) is 30.1 Å². The molecule has 0 bridgehead atoms. The monoisotopic (exact) mass is 397 g/mol. The molecule has 0 aromatic carbocycles. The maximum Gasteiger partial charge on any atom is 0.253 e. The highest BCUT2D eigenvalue weighted by Crippen LogP contribution is 2.27. The Morgan fingerprint density at radius 3 is 2.29 bits per heavy atom. The molecular weight excluding hydrogens is 378 g/mol. The minimum atomic E-state index is -1.63. The number of rotatable bonds is 3. The van der Waals surface area contributed by atoms with Gasteiger partial charge in [-0.15, -0.1) is 0 Å². The highest BCUT2D eigenvalue weighted by Gasteiger charge is 2.31. The summed E-state index contributed by atoms with van der Waals surface area (Å²) < 4.78 is 54.8. The summed E-state index contributed by atoms with van der Waals surface area (Å²) in [6.45, 7) is 3.71. The third kappa shape index (κ3) is 3.59. The van der Waals surface area contributed by atoms with Gasteiger partial charge in [0.2, 0.25) is 11.6 Å². The Bertz CT molecular complexity index is 804. The molecule has 1 unspecified atom stereocenters. The Balaban J connectivity index is 1.42. The van der Waals surface area contributed by atoms with E-state index in [1.165, 1.54) is 11.2 Å². The first kappa shape index (κ1) is 18.8. The summed E-state index contributed by atoms with van der Waals surface area (Å²) in [5, 5.41) is 3.43. The zero-order valence-corrected chi connectivity index (χ0v) is 15.0. The normalized spacial score (nSPS) is 21.2. The van der Waals surface area contributed by atoms with Gasteiger partial charge in [0.25, 0.3) is 11.9 Å². The Morgan fingerprint density at radius 2 is 1.64 bits per heavy atom. The van der Waals surface area contributed by atoms with Crippen molar-refractivity contribution in [3.63, 3.8) is 0 Å². The molecule has 2 aliphatic heterocycles. The standard InChI is InChI=1S/C17H19F4N7/c18-13-15(14(19)17(21)25-16(13)20)27-7-5-26(6-8-27)12-9-28(4-3-23-12)11-1-2-22-10-24-11/h1-2,10,12,23H,3-9H2. The minimum absolute atomic E-state index is 0.0338. The van der Waals surface area contributed by atoms with Crippen LogP contribution in [0.5, 0.6) is 0 Å². The van der Waals surface area contributed by atoms with Gasteiger partial charge in [-0.25, -0.2) is 9.97 Å². The number of nitrogens with zero attached hydrogens (tertiary/aromatic N) is 6. The third-order valence-corrected chi connectivity index (χ3v) is 5.09. The summed E-state index contributed by atoms with van der Waals surface area (Å²) in [5.74, 6) is -5.35. The van der Waals surface area contributed by atoms with E-state index < -0.39 is 29.2 Å². The molecule has 0 spiro atoms. The van der Waals surface area contributed by atoms with Crippen LogP contribution >= 0.6 is 0 Å². The first-order valence-electron chi connectivity index (χ1n) is 8.98. The average molecular weight is 397 g/mol. The Morgan fingerprint density at radius 1 is 0.929 bits per heavy atom. The first-order valence-corrected chi connectivity index (χ1v) is 8.98. The second-order valence-corrected chi connectivity index (χ2v) is 6.68. The molecule has 1 atom stereocenters. The van der Waals surface area contributed by atoms with Crippen LogP contribution in [0.4, 0.5) is 29.1 Å². The van der Waals surface area contributed by atoms with Gasteiger partial charge in [0.1, 0.15) is 17.8 Å². The van der Waals surface area contributed by atoms with Crippen LogP contribution in [0.1, 0.15) is 0 Å². The predicted molar refractivity (Wildman–Crippen MR) is 93.9 cm³/mol. The molecule has 2 aliphatic rings. The fraction of sp³-hybridized carbons (Fsp3) is 0.471. The van der Waals surface area contributed by atoms with E-state index in [0.717, 1.165) is 18.9 Å². The van der Waals surface area contributed by atoms with Crippen LogP contribution in [0.3, 0.4) is 0 Å². The lowest BCUT2D eigenvalue weighted by Crippen LogP contribution is -2.62. The molecule has 150 valence electrons.